The van der Waals surface area contributed by atoms with Gasteiger partial charge in [-0.1, -0.05) is 0 Å². The number of pyridine rings is 1. The summed E-state index contributed by atoms with van der Waals surface area (Å²) in [5, 5.41) is 0. The maximum absolute atomic E-state index is 13.3. The first-order chi connectivity index (χ1) is 11.5. The van der Waals surface area contributed by atoms with Crippen LogP contribution in [-0.4, -0.2) is 25.7 Å². The number of primary amides is 1. The first-order valence-electron chi connectivity index (χ1n) is 6.50. The summed E-state index contributed by atoms with van der Waals surface area (Å²) in [6.07, 6.45) is -2.97. The van der Waals surface area contributed by atoms with E-state index >= 15 is 0 Å². The highest BCUT2D eigenvalue weighted by Gasteiger charge is 2.34. The van der Waals surface area contributed by atoms with E-state index in [1.54, 1.807) is 0 Å². The van der Waals surface area contributed by atoms with Crippen LogP contribution in [0.3, 0.4) is 0 Å². The summed E-state index contributed by atoms with van der Waals surface area (Å²) in [5.74, 6) is -3.82. The zero-order chi connectivity index (χ0) is 18.8. The third kappa shape index (κ3) is 4.89. The molecule has 0 bridgehead atoms. The van der Waals surface area contributed by atoms with Crippen molar-refractivity contribution in [2.75, 3.05) is 0 Å². The minimum atomic E-state index is -5.16. The molecule has 0 aliphatic heterocycles. The fourth-order valence-corrected chi connectivity index (χ4v) is 3.39. The van der Waals surface area contributed by atoms with E-state index in [2.05, 4.69) is 9.72 Å². The molecular formula is C14H10F4N2O4S. The van der Waals surface area contributed by atoms with Gasteiger partial charge in [-0.05, 0) is 29.8 Å². The SMILES string of the molecule is NC(=O)c1cncc(CS(=O)(=O)c2cc(F)ccc2OC(F)(F)F)c1. The Balaban J connectivity index is 2.44. The molecule has 0 aliphatic carbocycles. The largest absolute Gasteiger partial charge is 0.573 e. The van der Waals surface area contributed by atoms with Crippen LogP contribution in [0.5, 0.6) is 5.75 Å². The summed E-state index contributed by atoms with van der Waals surface area (Å²) < 4.78 is 79.0. The maximum atomic E-state index is 13.3. The molecule has 0 saturated carbocycles. The third-order valence-corrected chi connectivity index (χ3v) is 4.61. The number of sulfone groups is 1. The molecule has 1 aromatic carbocycles. The Bertz CT molecular complexity index is 913. The number of nitrogens with two attached hydrogens (primary N) is 1. The lowest BCUT2D eigenvalue weighted by Crippen LogP contribution is -2.19. The average molecular weight is 378 g/mol. The maximum Gasteiger partial charge on any atom is 0.573 e. The predicted molar refractivity (Wildman–Crippen MR) is 76.7 cm³/mol. The average Bonchev–Trinajstić information content (AvgIpc) is 2.47. The molecule has 11 heteroatoms. The number of hydrogen-bond acceptors (Lipinski definition) is 5. The Kier molecular flexibility index (Phi) is 4.97. The number of rotatable bonds is 5. The lowest BCUT2D eigenvalue weighted by molar-refractivity contribution is -0.275. The number of aromatic nitrogens is 1. The smallest absolute Gasteiger partial charge is 0.404 e. The molecule has 1 aromatic heterocycles. The van der Waals surface area contributed by atoms with Crippen LogP contribution < -0.4 is 10.5 Å². The van der Waals surface area contributed by atoms with Gasteiger partial charge in [0, 0.05) is 12.4 Å². The predicted octanol–water partition coefficient (Wildman–Crippen LogP) is 2.19. The van der Waals surface area contributed by atoms with Gasteiger partial charge in [-0.25, -0.2) is 12.8 Å². The van der Waals surface area contributed by atoms with Crippen molar-refractivity contribution in [1.82, 2.24) is 4.98 Å². The second-order valence-corrected chi connectivity index (χ2v) is 6.80. The van der Waals surface area contributed by atoms with E-state index in [-0.39, 0.29) is 11.1 Å². The summed E-state index contributed by atoms with van der Waals surface area (Å²) in [6.45, 7) is 0. The minimum absolute atomic E-state index is 0.0153. The van der Waals surface area contributed by atoms with Gasteiger partial charge >= 0.3 is 6.36 Å². The normalized spacial score (nSPS) is 12.0. The van der Waals surface area contributed by atoms with Crippen LogP contribution >= 0.6 is 0 Å². The number of ether oxygens (including phenoxy) is 1. The summed E-state index contributed by atoms with van der Waals surface area (Å²) in [6, 6.07) is 2.74. The Morgan fingerprint density at radius 1 is 1.20 bits per heavy atom. The molecule has 2 N–H and O–H groups in total. The van der Waals surface area contributed by atoms with Crippen molar-refractivity contribution in [1.29, 1.82) is 0 Å². The molecule has 1 heterocycles. The van der Waals surface area contributed by atoms with Crippen LogP contribution in [0.15, 0.2) is 41.6 Å². The van der Waals surface area contributed by atoms with Crippen molar-refractivity contribution in [2.24, 2.45) is 5.73 Å². The quantitative estimate of drug-likeness (QED) is 0.804. The monoisotopic (exact) mass is 378 g/mol. The number of hydrogen-bond donors (Lipinski definition) is 1. The van der Waals surface area contributed by atoms with E-state index in [0.717, 1.165) is 18.5 Å². The molecule has 0 spiro atoms. The van der Waals surface area contributed by atoms with Crippen molar-refractivity contribution in [3.63, 3.8) is 0 Å². The van der Waals surface area contributed by atoms with E-state index < -0.39 is 44.3 Å². The Morgan fingerprint density at radius 2 is 1.88 bits per heavy atom. The summed E-state index contributed by atoms with van der Waals surface area (Å²) >= 11 is 0. The second-order valence-electron chi connectivity index (χ2n) is 4.84. The fraction of sp³-hybridized carbons (Fsp3) is 0.143. The standard InChI is InChI=1S/C14H10F4N2O4S/c15-10-1-2-11(24-14(16,17)18)12(4-10)25(22,23)7-8-3-9(13(19)21)6-20-5-8/h1-6H,7H2,(H2,19,21). The van der Waals surface area contributed by atoms with Crippen LogP contribution in [0.2, 0.25) is 0 Å². The van der Waals surface area contributed by atoms with Gasteiger partial charge in [-0.2, -0.15) is 0 Å². The molecule has 0 atom stereocenters. The zero-order valence-electron chi connectivity index (χ0n) is 12.2. The first-order valence-corrected chi connectivity index (χ1v) is 8.15. The number of carbonyl (C=O) groups excluding carboxylic acids is 1. The first kappa shape index (κ1) is 18.6. The van der Waals surface area contributed by atoms with Crippen LogP contribution in [0.25, 0.3) is 0 Å². The van der Waals surface area contributed by atoms with Gasteiger partial charge < -0.3 is 10.5 Å². The van der Waals surface area contributed by atoms with Crippen molar-refractivity contribution in [3.8, 4) is 5.75 Å². The van der Waals surface area contributed by atoms with E-state index in [1.807, 2.05) is 0 Å². The molecule has 2 rings (SSSR count). The number of amides is 1. The Morgan fingerprint density at radius 3 is 2.48 bits per heavy atom. The van der Waals surface area contributed by atoms with Crippen molar-refractivity contribution < 1.29 is 35.5 Å². The molecule has 25 heavy (non-hydrogen) atoms. The highest BCUT2D eigenvalue weighted by Crippen LogP contribution is 2.32. The van der Waals surface area contributed by atoms with Crippen molar-refractivity contribution in [2.45, 2.75) is 17.0 Å². The van der Waals surface area contributed by atoms with Crippen LogP contribution in [0, 0.1) is 5.82 Å². The highest BCUT2D eigenvalue weighted by molar-refractivity contribution is 7.90. The van der Waals surface area contributed by atoms with Gasteiger partial charge in [0.1, 0.15) is 16.5 Å². The lowest BCUT2D eigenvalue weighted by atomic mass is 10.2. The van der Waals surface area contributed by atoms with Crippen LogP contribution in [-0.2, 0) is 15.6 Å². The highest BCUT2D eigenvalue weighted by atomic mass is 32.2. The molecule has 134 valence electrons. The summed E-state index contributed by atoms with van der Waals surface area (Å²) in [7, 11) is -4.44. The van der Waals surface area contributed by atoms with Crippen LogP contribution in [0.1, 0.15) is 15.9 Å². The van der Waals surface area contributed by atoms with E-state index in [0.29, 0.717) is 18.2 Å². The molecule has 1 amide bonds. The third-order valence-electron chi connectivity index (χ3n) is 2.90. The van der Waals surface area contributed by atoms with Gasteiger partial charge in [0.25, 0.3) is 0 Å². The van der Waals surface area contributed by atoms with Crippen molar-refractivity contribution >= 4 is 15.7 Å². The summed E-state index contributed by atoms with van der Waals surface area (Å²) in [5.41, 5.74) is 4.95. The molecule has 0 aliphatic rings. The number of benzene rings is 1. The molecule has 0 fully saturated rings. The van der Waals surface area contributed by atoms with Crippen LogP contribution in [0.4, 0.5) is 17.6 Å². The molecule has 0 unspecified atom stereocenters. The zero-order valence-corrected chi connectivity index (χ0v) is 13.1. The van der Waals surface area contributed by atoms with Crippen molar-refractivity contribution in [3.05, 3.63) is 53.6 Å². The van der Waals surface area contributed by atoms with Gasteiger partial charge in [-0.15, -0.1) is 13.2 Å². The minimum Gasteiger partial charge on any atom is -0.404 e. The lowest BCUT2D eigenvalue weighted by Gasteiger charge is -2.13. The van der Waals surface area contributed by atoms with Gasteiger partial charge in [0.15, 0.2) is 9.84 Å². The Hall–Kier alpha value is -2.69. The molecule has 0 radical (unpaired) electrons. The van der Waals surface area contributed by atoms with Gasteiger partial charge in [-0.3, -0.25) is 9.78 Å². The van der Waals surface area contributed by atoms with Gasteiger partial charge in [0.2, 0.25) is 5.91 Å². The topological polar surface area (TPSA) is 99.4 Å². The van der Waals surface area contributed by atoms with E-state index in [9.17, 15) is 30.8 Å². The number of nitrogens with zero attached hydrogens (tertiary/aromatic N) is 1. The second kappa shape index (κ2) is 6.67. The molecule has 6 nitrogen and oxygen atoms in total. The number of alkyl halides is 3. The number of carbonyl (C=O) groups is 1. The van der Waals surface area contributed by atoms with Gasteiger partial charge in [0.05, 0.1) is 11.3 Å². The fourth-order valence-electron chi connectivity index (χ4n) is 1.93. The van der Waals surface area contributed by atoms with E-state index in [4.69, 9.17) is 5.73 Å². The molecular weight excluding hydrogens is 368 g/mol. The number of halogens is 4. The summed E-state index contributed by atoms with van der Waals surface area (Å²) in [4.78, 5) is 13.7. The molecule has 0 saturated heterocycles. The van der Waals surface area contributed by atoms with E-state index in [1.165, 1.54) is 0 Å². The molecule has 2 aromatic rings. The Labute approximate surface area is 139 Å².